The van der Waals surface area contributed by atoms with Crippen molar-refractivity contribution in [2.75, 3.05) is 6.54 Å². The van der Waals surface area contributed by atoms with Crippen LogP contribution in [-0.4, -0.2) is 17.4 Å². The quantitative estimate of drug-likeness (QED) is 0.582. The number of aromatic nitrogens is 1. The molecule has 0 spiro atoms. The minimum absolute atomic E-state index is 0.728. The van der Waals surface area contributed by atoms with Crippen molar-refractivity contribution in [2.45, 2.75) is 13.8 Å². The maximum absolute atomic E-state index is 5.99. The second-order valence-electron chi connectivity index (χ2n) is 4.91. The third kappa shape index (κ3) is 3.63. The zero-order valence-corrected chi connectivity index (χ0v) is 15.3. The summed E-state index contributed by atoms with van der Waals surface area (Å²) < 4.78 is 1.90. The van der Waals surface area contributed by atoms with E-state index in [4.69, 9.17) is 11.6 Å². The van der Waals surface area contributed by atoms with Gasteiger partial charge in [0.25, 0.3) is 0 Å². The Morgan fingerprint density at radius 1 is 1.17 bits per heavy atom. The molecule has 23 heavy (non-hydrogen) atoms. The van der Waals surface area contributed by atoms with E-state index in [0.29, 0.717) is 0 Å². The van der Waals surface area contributed by atoms with E-state index >= 15 is 0 Å². The molecule has 2 aromatic heterocycles. The van der Waals surface area contributed by atoms with Crippen molar-refractivity contribution >= 4 is 40.5 Å². The van der Waals surface area contributed by atoms with Crippen LogP contribution >= 0.6 is 34.3 Å². The summed E-state index contributed by atoms with van der Waals surface area (Å²) >= 11 is 9.27. The SMILES string of the molecule is CCN=c1scc(-c2ccc(Cl)cc2)n1N=Cc1sccc1C. The summed E-state index contributed by atoms with van der Waals surface area (Å²) in [5, 5.41) is 9.56. The number of benzene rings is 1. The standard InChI is InChI=1S/C17H16ClN3S2/c1-3-19-17-21(20-10-16-12(2)8-9-22-16)15(11-23-17)13-4-6-14(18)7-5-13/h4-11H,3H2,1-2H3. The Balaban J connectivity index is 2.08. The van der Waals surface area contributed by atoms with Crippen molar-refractivity contribution in [3.05, 3.63) is 61.4 Å². The highest BCUT2D eigenvalue weighted by molar-refractivity contribution is 7.11. The van der Waals surface area contributed by atoms with Gasteiger partial charge in [0.2, 0.25) is 4.80 Å². The molecule has 0 fully saturated rings. The van der Waals surface area contributed by atoms with Crippen LogP contribution in [0.1, 0.15) is 17.4 Å². The number of hydrogen-bond donors (Lipinski definition) is 0. The van der Waals surface area contributed by atoms with E-state index in [9.17, 15) is 0 Å². The molecule has 0 amide bonds. The van der Waals surface area contributed by atoms with E-state index in [0.717, 1.165) is 32.5 Å². The van der Waals surface area contributed by atoms with Gasteiger partial charge in [-0.05, 0) is 43.0 Å². The highest BCUT2D eigenvalue weighted by atomic mass is 35.5. The highest BCUT2D eigenvalue weighted by Gasteiger charge is 2.07. The lowest BCUT2D eigenvalue weighted by Crippen LogP contribution is -2.12. The van der Waals surface area contributed by atoms with Crippen LogP contribution in [0.15, 0.2) is 51.2 Å². The van der Waals surface area contributed by atoms with E-state index in [1.54, 1.807) is 22.7 Å². The van der Waals surface area contributed by atoms with Crippen LogP contribution in [0.2, 0.25) is 5.02 Å². The molecule has 0 N–H and O–H groups in total. The van der Waals surface area contributed by atoms with Gasteiger partial charge in [0.1, 0.15) is 0 Å². The molecular weight excluding hydrogens is 346 g/mol. The molecule has 0 radical (unpaired) electrons. The third-order valence-electron chi connectivity index (χ3n) is 3.31. The maximum Gasteiger partial charge on any atom is 0.206 e. The predicted molar refractivity (Wildman–Crippen MR) is 101 cm³/mol. The van der Waals surface area contributed by atoms with Gasteiger partial charge in [0, 0.05) is 22.5 Å². The molecule has 0 unspecified atom stereocenters. The van der Waals surface area contributed by atoms with Gasteiger partial charge in [-0.25, -0.2) is 4.68 Å². The van der Waals surface area contributed by atoms with Gasteiger partial charge in [-0.1, -0.05) is 23.7 Å². The lowest BCUT2D eigenvalue weighted by molar-refractivity contribution is 0.833. The van der Waals surface area contributed by atoms with E-state index in [2.05, 4.69) is 33.8 Å². The zero-order valence-electron chi connectivity index (χ0n) is 12.9. The molecule has 0 atom stereocenters. The van der Waals surface area contributed by atoms with Crippen LogP contribution in [-0.2, 0) is 0 Å². The van der Waals surface area contributed by atoms with Crippen molar-refractivity contribution in [3.63, 3.8) is 0 Å². The topological polar surface area (TPSA) is 29.6 Å². The van der Waals surface area contributed by atoms with Crippen LogP contribution in [0.5, 0.6) is 0 Å². The molecule has 1 aromatic carbocycles. The Morgan fingerprint density at radius 3 is 2.61 bits per heavy atom. The van der Waals surface area contributed by atoms with Gasteiger partial charge in [0.05, 0.1) is 16.8 Å². The molecule has 0 aliphatic heterocycles. The van der Waals surface area contributed by atoms with Crippen molar-refractivity contribution in [3.8, 4) is 11.3 Å². The number of thiazole rings is 1. The molecule has 0 saturated carbocycles. The molecule has 6 heteroatoms. The van der Waals surface area contributed by atoms with Crippen LogP contribution in [0.25, 0.3) is 11.3 Å². The van der Waals surface area contributed by atoms with Crippen molar-refractivity contribution in [1.29, 1.82) is 0 Å². The lowest BCUT2D eigenvalue weighted by Gasteiger charge is -2.03. The Labute approximate surface area is 148 Å². The number of thiophene rings is 1. The largest absolute Gasteiger partial charge is 0.258 e. The molecule has 3 rings (SSSR count). The van der Waals surface area contributed by atoms with Crippen molar-refractivity contribution in [2.24, 2.45) is 10.1 Å². The number of nitrogens with zero attached hydrogens (tertiary/aromatic N) is 3. The Bertz CT molecular complexity index is 885. The Kier molecular flexibility index (Phi) is 5.10. The summed E-state index contributed by atoms with van der Waals surface area (Å²) in [6, 6.07) is 9.89. The van der Waals surface area contributed by atoms with Gasteiger partial charge < -0.3 is 0 Å². The molecule has 3 nitrogen and oxygen atoms in total. The van der Waals surface area contributed by atoms with Gasteiger partial charge >= 0.3 is 0 Å². The minimum atomic E-state index is 0.728. The monoisotopic (exact) mass is 361 g/mol. The Hall–Kier alpha value is -1.69. The first-order chi connectivity index (χ1) is 11.2. The number of aryl methyl sites for hydroxylation is 1. The number of halogens is 1. The van der Waals surface area contributed by atoms with Crippen LogP contribution < -0.4 is 4.80 Å². The van der Waals surface area contributed by atoms with Crippen LogP contribution in [0.4, 0.5) is 0 Å². The normalized spacial score (nSPS) is 12.4. The van der Waals surface area contributed by atoms with Crippen LogP contribution in [0.3, 0.4) is 0 Å². The maximum atomic E-state index is 5.99. The first kappa shape index (κ1) is 16.2. The first-order valence-corrected chi connectivity index (χ1v) is 9.38. The second kappa shape index (κ2) is 7.25. The van der Waals surface area contributed by atoms with Crippen molar-refractivity contribution < 1.29 is 0 Å². The summed E-state index contributed by atoms with van der Waals surface area (Å²) in [5.74, 6) is 0. The van der Waals surface area contributed by atoms with Gasteiger partial charge in [-0.15, -0.1) is 22.7 Å². The predicted octanol–water partition coefficient (Wildman–Crippen LogP) is 5.04. The highest BCUT2D eigenvalue weighted by Crippen LogP contribution is 2.22. The second-order valence-corrected chi connectivity index (χ2v) is 7.13. The van der Waals surface area contributed by atoms with Gasteiger partial charge in [-0.2, -0.15) is 5.10 Å². The minimum Gasteiger partial charge on any atom is -0.258 e. The average Bonchev–Trinajstić information content (AvgIpc) is 3.13. The molecule has 0 bridgehead atoms. The smallest absolute Gasteiger partial charge is 0.206 e. The number of hydrogen-bond acceptors (Lipinski definition) is 4. The van der Waals surface area contributed by atoms with Gasteiger partial charge in [-0.3, -0.25) is 4.99 Å². The molecule has 3 aromatic rings. The van der Waals surface area contributed by atoms with E-state index in [1.807, 2.05) is 42.1 Å². The van der Waals surface area contributed by atoms with Gasteiger partial charge in [0.15, 0.2) is 0 Å². The number of rotatable bonds is 4. The molecule has 118 valence electrons. The van der Waals surface area contributed by atoms with Crippen molar-refractivity contribution in [1.82, 2.24) is 4.68 Å². The average molecular weight is 362 g/mol. The first-order valence-electron chi connectivity index (χ1n) is 7.24. The fourth-order valence-electron chi connectivity index (χ4n) is 2.10. The van der Waals surface area contributed by atoms with Crippen LogP contribution in [0, 0.1) is 6.92 Å². The summed E-state index contributed by atoms with van der Waals surface area (Å²) in [6.07, 6.45) is 1.90. The summed E-state index contributed by atoms with van der Waals surface area (Å²) in [7, 11) is 0. The molecule has 2 heterocycles. The third-order valence-corrected chi connectivity index (χ3v) is 5.37. The molecule has 0 saturated heterocycles. The summed E-state index contributed by atoms with van der Waals surface area (Å²) in [4.78, 5) is 6.59. The van der Waals surface area contributed by atoms with E-state index in [-0.39, 0.29) is 0 Å². The summed E-state index contributed by atoms with van der Waals surface area (Å²) in [5.41, 5.74) is 3.32. The summed E-state index contributed by atoms with van der Waals surface area (Å²) in [6.45, 7) is 4.85. The lowest BCUT2D eigenvalue weighted by atomic mass is 10.2. The molecular formula is C17H16ClN3S2. The van der Waals surface area contributed by atoms with E-state index in [1.165, 1.54) is 5.56 Å². The molecule has 0 aliphatic rings. The fourth-order valence-corrected chi connectivity index (χ4v) is 3.91. The fraction of sp³-hybridized carbons (Fsp3) is 0.176. The van der Waals surface area contributed by atoms with E-state index < -0.39 is 0 Å². The Morgan fingerprint density at radius 2 is 1.96 bits per heavy atom. The zero-order chi connectivity index (χ0) is 16.2. The molecule has 0 aliphatic carbocycles.